The molecule has 1 saturated heterocycles. The van der Waals surface area contributed by atoms with Crippen molar-refractivity contribution >= 4 is 11.9 Å². The van der Waals surface area contributed by atoms with Crippen LogP contribution in [0.25, 0.3) is 0 Å². The summed E-state index contributed by atoms with van der Waals surface area (Å²) in [5.41, 5.74) is 5.78. The van der Waals surface area contributed by atoms with Gasteiger partial charge in [0.25, 0.3) is 0 Å². The highest BCUT2D eigenvalue weighted by Crippen LogP contribution is 2.18. The van der Waals surface area contributed by atoms with E-state index >= 15 is 0 Å². The summed E-state index contributed by atoms with van der Waals surface area (Å²) >= 11 is 0. The first-order valence-electron chi connectivity index (χ1n) is 6.58. The summed E-state index contributed by atoms with van der Waals surface area (Å²) in [6.07, 6.45) is 4.43. The highest BCUT2D eigenvalue weighted by molar-refractivity contribution is 5.96. The number of amides is 3. The van der Waals surface area contributed by atoms with Crippen LogP contribution in [-0.2, 0) is 4.79 Å². The van der Waals surface area contributed by atoms with Gasteiger partial charge in [-0.2, -0.15) is 0 Å². The van der Waals surface area contributed by atoms with Crippen molar-refractivity contribution in [3.63, 3.8) is 0 Å². The fourth-order valence-corrected chi connectivity index (χ4v) is 2.39. The van der Waals surface area contributed by atoms with Gasteiger partial charge in [0, 0.05) is 19.6 Å². The quantitative estimate of drug-likeness (QED) is 0.665. The molecule has 0 aromatic heterocycles. The molecule has 2 unspecified atom stereocenters. The van der Waals surface area contributed by atoms with Crippen LogP contribution in [0.4, 0.5) is 4.79 Å². The normalized spacial score (nSPS) is 22.9. The number of urea groups is 1. The van der Waals surface area contributed by atoms with Crippen molar-refractivity contribution in [3.8, 4) is 0 Å². The molecule has 18 heavy (non-hydrogen) atoms. The molecule has 0 spiro atoms. The Balaban J connectivity index is 2.63. The largest absolute Gasteiger partial charge is 0.341 e. The minimum absolute atomic E-state index is 0.234. The first kappa shape index (κ1) is 14.9. The van der Waals surface area contributed by atoms with E-state index in [4.69, 9.17) is 5.73 Å². The Kier molecular flexibility index (Phi) is 6.07. The molecule has 2 atom stereocenters. The van der Waals surface area contributed by atoms with Gasteiger partial charge in [-0.05, 0) is 26.3 Å². The summed E-state index contributed by atoms with van der Waals surface area (Å²) in [7, 11) is 1.49. The van der Waals surface area contributed by atoms with Crippen molar-refractivity contribution in [1.29, 1.82) is 0 Å². The summed E-state index contributed by atoms with van der Waals surface area (Å²) in [5.74, 6) is -0.269. The first-order chi connectivity index (χ1) is 8.60. The Labute approximate surface area is 108 Å². The Hall–Kier alpha value is -1.14. The number of carbonyl (C=O) groups is 2. The molecule has 0 aromatic carbocycles. The molecular weight excluding hydrogens is 232 g/mol. The van der Waals surface area contributed by atoms with E-state index in [2.05, 4.69) is 15.5 Å². The van der Waals surface area contributed by atoms with Crippen molar-refractivity contribution in [2.45, 2.75) is 44.7 Å². The molecule has 104 valence electrons. The third kappa shape index (κ3) is 3.96. The van der Waals surface area contributed by atoms with E-state index in [9.17, 15) is 9.59 Å². The molecule has 1 heterocycles. The van der Waals surface area contributed by atoms with Gasteiger partial charge in [-0.1, -0.05) is 12.8 Å². The van der Waals surface area contributed by atoms with Gasteiger partial charge >= 0.3 is 6.03 Å². The van der Waals surface area contributed by atoms with Gasteiger partial charge in [-0.15, -0.1) is 0 Å². The minimum atomic E-state index is -0.467. The molecule has 0 saturated carbocycles. The molecule has 1 aliphatic heterocycles. The van der Waals surface area contributed by atoms with Gasteiger partial charge in [0.15, 0.2) is 0 Å². The number of nitrogens with two attached hydrogens (primary N) is 1. The number of likely N-dealkylation sites (tertiary alicyclic amines) is 1. The molecule has 0 bridgehead atoms. The Morgan fingerprint density at radius 2 is 2.11 bits per heavy atom. The number of nitrogens with one attached hydrogen (secondary N) is 2. The van der Waals surface area contributed by atoms with Gasteiger partial charge in [0.2, 0.25) is 5.91 Å². The number of hydrogen-bond acceptors (Lipinski definition) is 4. The van der Waals surface area contributed by atoms with Crippen LogP contribution >= 0.6 is 0 Å². The molecule has 6 heteroatoms. The summed E-state index contributed by atoms with van der Waals surface area (Å²) in [5, 5.41) is 4.70. The van der Waals surface area contributed by atoms with Crippen LogP contribution in [-0.4, -0.2) is 49.1 Å². The van der Waals surface area contributed by atoms with Crippen LogP contribution < -0.4 is 16.4 Å². The van der Waals surface area contributed by atoms with Crippen LogP contribution in [0.15, 0.2) is 0 Å². The average Bonchev–Trinajstić information content (AvgIpc) is 2.62. The predicted molar refractivity (Wildman–Crippen MR) is 70.1 cm³/mol. The second-order valence-corrected chi connectivity index (χ2v) is 4.72. The Bertz CT molecular complexity index is 296. The molecule has 1 rings (SSSR count). The van der Waals surface area contributed by atoms with E-state index in [0.29, 0.717) is 6.54 Å². The van der Waals surface area contributed by atoms with Crippen LogP contribution in [0, 0.1) is 0 Å². The number of imide groups is 1. The second kappa shape index (κ2) is 7.33. The van der Waals surface area contributed by atoms with Crippen molar-refractivity contribution in [2.24, 2.45) is 5.73 Å². The molecule has 3 amide bonds. The van der Waals surface area contributed by atoms with Gasteiger partial charge in [-0.3, -0.25) is 15.0 Å². The van der Waals surface area contributed by atoms with Gasteiger partial charge in [0.1, 0.15) is 0 Å². The lowest BCUT2D eigenvalue weighted by atomic mass is 10.1. The van der Waals surface area contributed by atoms with Gasteiger partial charge < -0.3 is 11.1 Å². The van der Waals surface area contributed by atoms with E-state index < -0.39 is 6.03 Å². The van der Waals surface area contributed by atoms with Crippen LogP contribution in [0.5, 0.6) is 0 Å². The molecule has 4 N–H and O–H groups in total. The fraction of sp³-hybridized carbons (Fsp3) is 0.833. The standard InChI is InChI=1S/C12H24N4O2/c1-9(11(17)15-12(18)14-2)16-7-5-3-4-6-10(16)8-13/h9-10H,3-8,13H2,1-2H3,(H2,14,15,17,18). The third-order valence-corrected chi connectivity index (χ3v) is 3.54. The zero-order valence-corrected chi connectivity index (χ0v) is 11.2. The van der Waals surface area contributed by atoms with Crippen LogP contribution in [0.2, 0.25) is 0 Å². The SMILES string of the molecule is CNC(=O)NC(=O)C(C)N1CCCCCC1CN. The molecule has 0 aliphatic carbocycles. The lowest BCUT2D eigenvalue weighted by molar-refractivity contribution is -0.125. The van der Waals surface area contributed by atoms with Gasteiger partial charge in [-0.25, -0.2) is 4.79 Å². The minimum Gasteiger partial charge on any atom is -0.341 e. The molecule has 0 radical (unpaired) electrons. The molecule has 0 aromatic rings. The number of hydrogen-bond donors (Lipinski definition) is 3. The number of rotatable bonds is 3. The van der Waals surface area contributed by atoms with E-state index in [1.54, 1.807) is 0 Å². The van der Waals surface area contributed by atoms with Crippen molar-refractivity contribution < 1.29 is 9.59 Å². The van der Waals surface area contributed by atoms with Crippen molar-refractivity contribution in [1.82, 2.24) is 15.5 Å². The lowest BCUT2D eigenvalue weighted by Crippen LogP contribution is -2.53. The van der Waals surface area contributed by atoms with E-state index in [0.717, 1.165) is 25.8 Å². The van der Waals surface area contributed by atoms with Crippen LogP contribution in [0.3, 0.4) is 0 Å². The van der Waals surface area contributed by atoms with E-state index in [1.807, 2.05) is 6.92 Å². The highest BCUT2D eigenvalue weighted by Gasteiger charge is 2.28. The zero-order chi connectivity index (χ0) is 13.5. The molecule has 1 aliphatic rings. The van der Waals surface area contributed by atoms with E-state index in [-0.39, 0.29) is 18.0 Å². The predicted octanol–water partition coefficient (Wildman–Crippen LogP) is 0.0338. The molecular formula is C12H24N4O2. The molecule has 1 fully saturated rings. The van der Waals surface area contributed by atoms with Crippen LogP contribution in [0.1, 0.15) is 32.6 Å². The topological polar surface area (TPSA) is 87.5 Å². The summed E-state index contributed by atoms with van der Waals surface area (Å²) in [6, 6.07) is -0.558. The summed E-state index contributed by atoms with van der Waals surface area (Å²) < 4.78 is 0. The monoisotopic (exact) mass is 256 g/mol. The maximum Gasteiger partial charge on any atom is 0.321 e. The maximum atomic E-state index is 11.9. The third-order valence-electron chi connectivity index (χ3n) is 3.54. The second-order valence-electron chi connectivity index (χ2n) is 4.72. The first-order valence-corrected chi connectivity index (χ1v) is 6.58. The average molecular weight is 256 g/mol. The van der Waals surface area contributed by atoms with E-state index in [1.165, 1.54) is 13.5 Å². The Morgan fingerprint density at radius 1 is 1.39 bits per heavy atom. The highest BCUT2D eigenvalue weighted by atomic mass is 16.2. The lowest BCUT2D eigenvalue weighted by Gasteiger charge is -2.33. The summed E-state index contributed by atoms with van der Waals surface area (Å²) in [6.45, 7) is 3.24. The van der Waals surface area contributed by atoms with Gasteiger partial charge in [0.05, 0.1) is 6.04 Å². The maximum absolute atomic E-state index is 11.9. The van der Waals surface area contributed by atoms with Crippen molar-refractivity contribution in [3.05, 3.63) is 0 Å². The fourth-order valence-electron chi connectivity index (χ4n) is 2.39. The zero-order valence-electron chi connectivity index (χ0n) is 11.2. The van der Waals surface area contributed by atoms with Crippen molar-refractivity contribution in [2.75, 3.05) is 20.1 Å². The summed E-state index contributed by atoms with van der Waals surface area (Å²) in [4.78, 5) is 25.2. The Morgan fingerprint density at radius 3 is 2.72 bits per heavy atom. The number of nitrogens with zero attached hydrogens (tertiary/aromatic N) is 1. The molecule has 6 nitrogen and oxygen atoms in total. The smallest absolute Gasteiger partial charge is 0.321 e. The number of carbonyl (C=O) groups excluding carboxylic acids is 2.